The molecule has 3 rings (SSSR count). The summed E-state index contributed by atoms with van der Waals surface area (Å²) in [6, 6.07) is 1.96. The van der Waals surface area contributed by atoms with Crippen molar-refractivity contribution in [3.8, 4) is 0 Å². The quantitative estimate of drug-likeness (QED) is 0.899. The Bertz CT molecular complexity index is 574. The van der Waals surface area contributed by atoms with E-state index in [1.54, 1.807) is 12.5 Å². The van der Waals surface area contributed by atoms with Crippen LogP contribution in [0.2, 0.25) is 0 Å². The van der Waals surface area contributed by atoms with Crippen molar-refractivity contribution in [3.05, 3.63) is 24.2 Å². The molecule has 2 saturated carbocycles. The topological polar surface area (TPSA) is 50.4 Å². The molecule has 0 amide bonds. The summed E-state index contributed by atoms with van der Waals surface area (Å²) < 4.78 is 5.16. The number of carbonyl (C=O) groups excluding carboxylic acids is 1. The fraction of sp³-hybridized carbons (Fsp3) is 0.750. The van der Waals surface area contributed by atoms with Crippen LogP contribution in [-0.4, -0.2) is 16.5 Å². The molecule has 4 atom stereocenters. The van der Waals surface area contributed by atoms with Gasteiger partial charge in [0.1, 0.15) is 5.78 Å². The van der Waals surface area contributed by atoms with Crippen LogP contribution in [0.3, 0.4) is 0 Å². The van der Waals surface area contributed by atoms with Crippen LogP contribution < -0.4 is 0 Å². The lowest BCUT2D eigenvalue weighted by atomic mass is 9.44. The minimum atomic E-state index is -0.791. The minimum absolute atomic E-state index is 0.0112. The fourth-order valence-electron chi connectivity index (χ4n) is 5.77. The smallest absolute Gasteiger partial charge is 0.137 e. The van der Waals surface area contributed by atoms with Crippen molar-refractivity contribution in [2.45, 2.75) is 71.8 Å². The Morgan fingerprint density at radius 1 is 1.30 bits per heavy atom. The molecule has 4 unspecified atom stereocenters. The highest BCUT2D eigenvalue weighted by Gasteiger charge is 2.63. The van der Waals surface area contributed by atoms with Gasteiger partial charge in [0.15, 0.2) is 0 Å². The minimum Gasteiger partial charge on any atom is -0.472 e. The van der Waals surface area contributed by atoms with Gasteiger partial charge in [-0.15, -0.1) is 0 Å². The van der Waals surface area contributed by atoms with Crippen LogP contribution in [0.4, 0.5) is 0 Å². The molecule has 0 radical (unpaired) electrons. The Hall–Kier alpha value is -1.09. The van der Waals surface area contributed by atoms with Gasteiger partial charge in [-0.2, -0.15) is 0 Å². The predicted octanol–water partition coefficient (Wildman–Crippen LogP) is 4.38. The molecule has 0 aromatic carbocycles. The third-order valence-electron chi connectivity index (χ3n) is 6.94. The Kier molecular flexibility index (Phi) is 3.99. The summed E-state index contributed by atoms with van der Waals surface area (Å²) in [5.41, 5.74) is -0.0144. The number of carbonyl (C=O) groups is 1. The number of aliphatic hydroxyl groups is 1. The van der Waals surface area contributed by atoms with Crippen molar-refractivity contribution in [2.24, 2.45) is 22.7 Å². The number of aryl methyl sites for hydroxylation is 1. The number of ketones is 1. The van der Waals surface area contributed by atoms with Crippen LogP contribution in [0.15, 0.2) is 23.0 Å². The number of furan rings is 1. The van der Waals surface area contributed by atoms with E-state index >= 15 is 0 Å². The zero-order chi connectivity index (χ0) is 16.9. The van der Waals surface area contributed by atoms with Gasteiger partial charge in [0.05, 0.1) is 18.1 Å². The second-order valence-corrected chi connectivity index (χ2v) is 8.82. The van der Waals surface area contributed by atoms with Crippen molar-refractivity contribution in [2.75, 3.05) is 0 Å². The fourth-order valence-corrected chi connectivity index (χ4v) is 5.77. The summed E-state index contributed by atoms with van der Waals surface area (Å²) in [4.78, 5) is 12.9. The average Bonchev–Trinajstić information content (AvgIpc) is 2.95. The van der Waals surface area contributed by atoms with Crippen LogP contribution in [0.5, 0.6) is 0 Å². The van der Waals surface area contributed by atoms with Crippen LogP contribution in [0.1, 0.15) is 65.4 Å². The van der Waals surface area contributed by atoms with Crippen LogP contribution in [-0.2, 0) is 11.2 Å². The van der Waals surface area contributed by atoms with Gasteiger partial charge in [0, 0.05) is 17.8 Å². The molecule has 128 valence electrons. The summed E-state index contributed by atoms with van der Waals surface area (Å²) in [6.07, 6.45) is 8.55. The first kappa shape index (κ1) is 16.8. The van der Waals surface area contributed by atoms with Gasteiger partial charge in [0.25, 0.3) is 0 Å². The molecule has 2 fully saturated rings. The van der Waals surface area contributed by atoms with Crippen molar-refractivity contribution < 1.29 is 14.3 Å². The predicted molar refractivity (Wildman–Crippen MR) is 90.0 cm³/mol. The van der Waals surface area contributed by atoms with Crippen molar-refractivity contribution in [3.63, 3.8) is 0 Å². The van der Waals surface area contributed by atoms with E-state index in [1.165, 1.54) is 0 Å². The zero-order valence-corrected chi connectivity index (χ0v) is 14.9. The van der Waals surface area contributed by atoms with Crippen molar-refractivity contribution in [1.82, 2.24) is 0 Å². The van der Waals surface area contributed by atoms with Gasteiger partial charge < -0.3 is 9.52 Å². The van der Waals surface area contributed by atoms with E-state index in [-0.39, 0.29) is 22.7 Å². The monoisotopic (exact) mass is 318 g/mol. The summed E-state index contributed by atoms with van der Waals surface area (Å²) in [5.74, 6) is 0.337. The first-order valence-corrected chi connectivity index (χ1v) is 8.97. The molecular weight excluding hydrogens is 288 g/mol. The molecule has 0 saturated heterocycles. The Morgan fingerprint density at radius 2 is 2.04 bits per heavy atom. The summed E-state index contributed by atoms with van der Waals surface area (Å²) in [5, 5.41) is 11.8. The first-order valence-electron chi connectivity index (χ1n) is 8.97. The van der Waals surface area contributed by atoms with Gasteiger partial charge in [-0.3, -0.25) is 4.79 Å². The second kappa shape index (κ2) is 5.47. The normalized spacial score (nSPS) is 40.0. The molecule has 0 aliphatic heterocycles. The van der Waals surface area contributed by atoms with Crippen molar-refractivity contribution in [1.29, 1.82) is 0 Å². The maximum atomic E-state index is 12.9. The number of fused-ring (bicyclic) bond motifs is 1. The van der Waals surface area contributed by atoms with Crippen LogP contribution >= 0.6 is 0 Å². The van der Waals surface area contributed by atoms with E-state index in [1.807, 2.05) is 6.07 Å². The molecule has 0 spiro atoms. The van der Waals surface area contributed by atoms with Gasteiger partial charge >= 0.3 is 0 Å². The molecule has 0 bridgehead atoms. The van der Waals surface area contributed by atoms with E-state index in [9.17, 15) is 9.90 Å². The molecule has 1 aromatic rings. The summed E-state index contributed by atoms with van der Waals surface area (Å²) >= 11 is 0. The Morgan fingerprint density at radius 3 is 2.70 bits per heavy atom. The molecular formula is C20H30O3. The standard InChI is InChI=1S/C20H30O3/c1-14-12-16(21)17-18(2,3)8-5-9-19(17,4)20(14,22)10-6-15-7-11-23-13-15/h7,11,13-14,17,22H,5-6,8-10,12H2,1-4H3. The molecule has 2 aliphatic rings. The molecule has 1 heterocycles. The van der Waals surface area contributed by atoms with Gasteiger partial charge in [-0.05, 0) is 48.6 Å². The Balaban J connectivity index is 1.95. The number of Topliss-reactive ketones (excluding diaryl/α,β-unsaturated/α-hetero) is 1. The maximum Gasteiger partial charge on any atom is 0.137 e. The average molecular weight is 318 g/mol. The zero-order valence-electron chi connectivity index (χ0n) is 14.9. The summed E-state index contributed by atoms with van der Waals surface area (Å²) in [7, 11) is 0. The van der Waals surface area contributed by atoms with E-state index in [2.05, 4.69) is 27.7 Å². The molecule has 23 heavy (non-hydrogen) atoms. The van der Waals surface area contributed by atoms with E-state index < -0.39 is 5.60 Å². The highest BCUT2D eigenvalue weighted by Crippen LogP contribution is 2.62. The highest BCUT2D eigenvalue weighted by atomic mass is 16.3. The molecule has 1 N–H and O–H groups in total. The second-order valence-electron chi connectivity index (χ2n) is 8.82. The highest BCUT2D eigenvalue weighted by molar-refractivity contribution is 5.84. The van der Waals surface area contributed by atoms with E-state index in [0.29, 0.717) is 18.6 Å². The van der Waals surface area contributed by atoms with Gasteiger partial charge in [-0.1, -0.05) is 34.1 Å². The third kappa shape index (κ3) is 2.48. The first-order chi connectivity index (χ1) is 10.7. The third-order valence-corrected chi connectivity index (χ3v) is 6.94. The number of hydrogen-bond donors (Lipinski definition) is 1. The van der Waals surface area contributed by atoms with Crippen LogP contribution in [0.25, 0.3) is 0 Å². The molecule has 3 nitrogen and oxygen atoms in total. The largest absolute Gasteiger partial charge is 0.472 e. The van der Waals surface area contributed by atoms with E-state index in [0.717, 1.165) is 31.2 Å². The SMILES string of the molecule is CC1CC(=O)C2C(C)(C)CCCC2(C)C1(O)CCc1ccoc1. The van der Waals surface area contributed by atoms with Gasteiger partial charge in [0.2, 0.25) is 0 Å². The van der Waals surface area contributed by atoms with Crippen molar-refractivity contribution >= 4 is 5.78 Å². The number of hydrogen-bond acceptors (Lipinski definition) is 3. The molecule has 3 heteroatoms. The lowest BCUT2D eigenvalue weighted by Gasteiger charge is -2.62. The maximum absolute atomic E-state index is 12.9. The van der Waals surface area contributed by atoms with Gasteiger partial charge in [-0.25, -0.2) is 0 Å². The van der Waals surface area contributed by atoms with Crippen LogP contribution in [0, 0.1) is 22.7 Å². The summed E-state index contributed by atoms with van der Waals surface area (Å²) in [6.45, 7) is 8.64. The number of rotatable bonds is 3. The van der Waals surface area contributed by atoms with E-state index in [4.69, 9.17) is 4.42 Å². The Labute approximate surface area is 139 Å². The lowest BCUT2D eigenvalue weighted by molar-refractivity contribution is -0.208. The molecule has 2 aliphatic carbocycles. The molecule has 1 aromatic heterocycles. The lowest BCUT2D eigenvalue weighted by Crippen LogP contribution is -2.65.